The van der Waals surface area contributed by atoms with Crippen LogP contribution in [0.2, 0.25) is 0 Å². The third-order valence-electron chi connectivity index (χ3n) is 3.75. The molecule has 0 fully saturated rings. The van der Waals surface area contributed by atoms with Gasteiger partial charge in [-0.25, -0.2) is 9.59 Å². The van der Waals surface area contributed by atoms with Crippen LogP contribution in [0.15, 0.2) is 42.5 Å². The Labute approximate surface area is 168 Å². The highest BCUT2D eigenvalue weighted by molar-refractivity contribution is 5.95. The van der Waals surface area contributed by atoms with Crippen molar-refractivity contribution < 1.29 is 37.3 Å². The Kier molecular flexibility index (Phi) is 7.23. The molecule has 30 heavy (non-hydrogen) atoms. The Morgan fingerprint density at radius 3 is 2.40 bits per heavy atom. The van der Waals surface area contributed by atoms with Gasteiger partial charge in [0.2, 0.25) is 0 Å². The Bertz CT molecular complexity index is 947. The number of esters is 1. The maximum atomic E-state index is 12.5. The summed E-state index contributed by atoms with van der Waals surface area (Å²) < 4.78 is 42.9. The van der Waals surface area contributed by atoms with Gasteiger partial charge in [-0.15, -0.1) is 0 Å². The molecule has 0 unspecified atom stereocenters. The molecule has 1 aliphatic rings. The zero-order valence-electron chi connectivity index (χ0n) is 15.5. The largest absolute Gasteiger partial charge is 0.490 e. The highest BCUT2D eigenvalue weighted by Gasteiger charge is 2.38. The highest BCUT2D eigenvalue weighted by atomic mass is 19.4. The molecular formula is C19H18F3N3O5. The number of carbonyl (C=O) groups excluding carboxylic acids is 1. The monoisotopic (exact) mass is 425 g/mol. The Morgan fingerprint density at radius 2 is 1.80 bits per heavy atom. The second kappa shape index (κ2) is 9.63. The van der Waals surface area contributed by atoms with E-state index in [1.165, 1.54) is 0 Å². The van der Waals surface area contributed by atoms with E-state index in [0.29, 0.717) is 35.8 Å². The smallest absolute Gasteiger partial charge is 0.490 e. The Balaban J connectivity index is 0.000000396. The van der Waals surface area contributed by atoms with E-state index in [4.69, 9.17) is 30.5 Å². The van der Waals surface area contributed by atoms with Gasteiger partial charge < -0.3 is 25.6 Å². The summed E-state index contributed by atoms with van der Waals surface area (Å²) >= 11 is 0. The molecule has 3 rings (SSSR count). The van der Waals surface area contributed by atoms with E-state index >= 15 is 0 Å². The number of benzene rings is 2. The van der Waals surface area contributed by atoms with Crippen molar-refractivity contribution in [3.05, 3.63) is 53.6 Å². The second-order valence-corrected chi connectivity index (χ2v) is 6.00. The van der Waals surface area contributed by atoms with Crippen LogP contribution < -0.4 is 20.5 Å². The molecule has 2 aromatic rings. The summed E-state index contributed by atoms with van der Waals surface area (Å²) in [5.74, 6) is -2.35. The molecule has 1 aliphatic heterocycles. The van der Waals surface area contributed by atoms with Crippen molar-refractivity contribution in [2.24, 2.45) is 5.73 Å². The number of hydrogen-bond acceptors (Lipinski definition) is 5. The normalized spacial score (nSPS) is 13.2. The number of nitrogens with two attached hydrogens (primary N) is 1. The molecule has 160 valence electrons. The number of aliphatic carboxylic acids is 1. The fourth-order valence-electron chi connectivity index (χ4n) is 2.49. The number of aryl methyl sites for hydroxylation is 1. The third-order valence-corrected chi connectivity index (χ3v) is 3.75. The van der Waals surface area contributed by atoms with Crippen molar-refractivity contribution in [1.82, 2.24) is 0 Å². The number of alkyl halides is 3. The van der Waals surface area contributed by atoms with Crippen LogP contribution in [0.25, 0.3) is 0 Å². The van der Waals surface area contributed by atoms with Crippen LogP contribution in [0.5, 0.6) is 11.5 Å². The van der Waals surface area contributed by atoms with Gasteiger partial charge in [0.15, 0.2) is 17.5 Å². The van der Waals surface area contributed by atoms with Gasteiger partial charge in [0.25, 0.3) is 0 Å². The lowest BCUT2D eigenvalue weighted by Gasteiger charge is -2.16. The molecule has 11 heteroatoms. The average molecular weight is 425 g/mol. The number of halogens is 3. The lowest BCUT2D eigenvalue weighted by atomic mass is 10.0. The standard InChI is InChI=1S/C17H17N3O3.C2HF3O2/c18-17(19)20-12-7-8-13-11(10-12)4-3-9-22-14-5-1-2-6-15(14)23-16(13)21;3-2(4,5)1(6)7/h1-2,5-8,10H,3-4,9H2,(H4,18,19,20);(H,6,7). The Morgan fingerprint density at radius 1 is 1.17 bits per heavy atom. The number of anilines is 1. The minimum Gasteiger partial charge on any atom is -0.490 e. The molecule has 0 radical (unpaired) electrons. The zero-order chi connectivity index (χ0) is 22.3. The van der Waals surface area contributed by atoms with Crippen LogP contribution in [-0.2, 0) is 11.2 Å². The van der Waals surface area contributed by atoms with Gasteiger partial charge >= 0.3 is 18.1 Å². The molecule has 0 amide bonds. The summed E-state index contributed by atoms with van der Waals surface area (Å²) in [5, 5.41) is 17.1. The van der Waals surface area contributed by atoms with E-state index in [1.54, 1.807) is 30.3 Å². The van der Waals surface area contributed by atoms with Crippen LogP contribution in [0.1, 0.15) is 22.3 Å². The number of ether oxygens (including phenoxy) is 2. The first-order valence-electron chi connectivity index (χ1n) is 8.56. The second-order valence-electron chi connectivity index (χ2n) is 6.00. The molecule has 2 aromatic carbocycles. The molecule has 5 N–H and O–H groups in total. The minimum absolute atomic E-state index is 0.148. The third kappa shape index (κ3) is 6.40. The molecule has 0 aromatic heterocycles. The van der Waals surface area contributed by atoms with Crippen LogP contribution >= 0.6 is 0 Å². The summed E-state index contributed by atoms with van der Waals surface area (Å²) in [7, 11) is 0. The van der Waals surface area contributed by atoms with Crippen LogP contribution in [0, 0.1) is 5.41 Å². The van der Waals surface area contributed by atoms with Gasteiger partial charge in [-0.2, -0.15) is 13.2 Å². The number of nitrogens with one attached hydrogen (secondary N) is 2. The maximum absolute atomic E-state index is 12.5. The number of carbonyl (C=O) groups is 2. The molecule has 0 bridgehead atoms. The first-order chi connectivity index (χ1) is 14.1. The van der Waals surface area contributed by atoms with Gasteiger partial charge in [-0.05, 0) is 48.7 Å². The van der Waals surface area contributed by atoms with E-state index < -0.39 is 18.1 Å². The average Bonchev–Trinajstić information content (AvgIpc) is 2.65. The minimum atomic E-state index is -5.08. The van der Waals surface area contributed by atoms with Crippen molar-refractivity contribution in [2.75, 3.05) is 11.9 Å². The van der Waals surface area contributed by atoms with E-state index in [1.807, 2.05) is 12.1 Å². The fraction of sp³-hybridized carbons (Fsp3) is 0.211. The topological polar surface area (TPSA) is 135 Å². The van der Waals surface area contributed by atoms with E-state index in [2.05, 4.69) is 5.32 Å². The quantitative estimate of drug-likeness (QED) is 0.239. The highest BCUT2D eigenvalue weighted by Crippen LogP contribution is 2.29. The molecule has 0 aliphatic carbocycles. The van der Waals surface area contributed by atoms with Crippen LogP contribution in [0.3, 0.4) is 0 Å². The van der Waals surface area contributed by atoms with Gasteiger partial charge in [-0.3, -0.25) is 5.41 Å². The lowest BCUT2D eigenvalue weighted by molar-refractivity contribution is -0.192. The van der Waals surface area contributed by atoms with E-state index in [0.717, 1.165) is 12.0 Å². The first kappa shape index (κ1) is 22.5. The van der Waals surface area contributed by atoms with Crippen molar-refractivity contribution in [1.29, 1.82) is 5.41 Å². The lowest BCUT2D eigenvalue weighted by Crippen LogP contribution is -2.21. The first-order valence-corrected chi connectivity index (χ1v) is 8.56. The summed E-state index contributed by atoms with van der Waals surface area (Å²) in [5.41, 5.74) is 7.36. The van der Waals surface area contributed by atoms with Crippen molar-refractivity contribution in [3.63, 3.8) is 0 Å². The van der Waals surface area contributed by atoms with Gasteiger partial charge in [0.05, 0.1) is 12.2 Å². The van der Waals surface area contributed by atoms with Gasteiger partial charge in [0.1, 0.15) is 0 Å². The maximum Gasteiger partial charge on any atom is 0.490 e. The summed E-state index contributed by atoms with van der Waals surface area (Å²) in [6, 6.07) is 12.3. The fourth-order valence-corrected chi connectivity index (χ4v) is 2.49. The van der Waals surface area contributed by atoms with E-state index in [-0.39, 0.29) is 5.96 Å². The number of rotatable bonds is 1. The van der Waals surface area contributed by atoms with Crippen molar-refractivity contribution >= 4 is 23.6 Å². The molecule has 0 atom stereocenters. The van der Waals surface area contributed by atoms with Crippen LogP contribution in [0.4, 0.5) is 18.9 Å². The predicted octanol–water partition coefficient (Wildman–Crippen LogP) is 3.17. The molecule has 0 saturated carbocycles. The summed E-state index contributed by atoms with van der Waals surface area (Å²) in [6.07, 6.45) is -3.65. The SMILES string of the molecule is N=C(N)Nc1ccc2c(c1)CCCOc1ccccc1OC2=O.O=C(O)C(F)(F)F. The Hall–Kier alpha value is -3.76. The molecule has 1 heterocycles. The number of carboxylic acid groups (broad SMARTS) is 1. The van der Waals surface area contributed by atoms with Crippen LogP contribution in [-0.4, -0.2) is 35.8 Å². The van der Waals surface area contributed by atoms with Gasteiger partial charge in [0, 0.05) is 5.69 Å². The summed E-state index contributed by atoms with van der Waals surface area (Å²) in [6.45, 7) is 0.526. The molecule has 0 saturated heterocycles. The summed E-state index contributed by atoms with van der Waals surface area (Å²) in [4.78, 5) is 21.4. The molecule has 0 spiro atoms. The number of hydrogen-bond donors (Lipinski definition) is 4. The van der Waals surface area contributed by atoms with E-state index in [9.17, 15) is 18.0 Å². The number of guanidine groups is 1. The molecular weight excluding hydrogens is 407 g/mol. The number of para-hydroxylation sites is 2. The van der Waals surface area contributed by atoms with Gasteiger partial charge in [-0.1, -0.05) is 12.1 Å². The predicted molar refractivity (Wildman–Crippen MR) is 101 cm³/mol. The molecule has 8 nitrogen and oxygen atoms in total. The van der Waals surface area contributed by atoms with Crippen molar-refractivity contribution in [3.8, 4) is 11.5 Å². The number of fused-ring (bicyclic) bond motifs is 2. The number of carboxylic acids is 1. The zero-order valence-corrected chi connectivity index (χ0v) is 15.5. The van der Waals surface area contributed by atoms with Crippen molar-refractivity contribution in [2.45, 2.75) is 19.0 Å².